The number of rotatable bonds is 4. The van der Waals surface area contributed by atoms with Crippen molar-refractivity contribution >= 4 is 23.7 Å². The van der Waals surface area contributed by atoms with E-state index >= 15 is 0 Å². The number of amides is 1. The van der Waals surface area contributed by atoms with Gasteiger partial charge < -0.3 is 9.47 Å². The predicted molar refractivity (Wildman–Crippen MR) is 77.9 cm³/mol. The van der Waals surface area contributed by atoms with Crippen molar-refractivity contribution in [3.05, 3.63) is 34.9 Å². The highest BCUT2D eigenvalue weighted by atomic mass is 35.5. The summed E-state index contributed by atoms with van der Waals surface area (Å²) in [5.74, 6) is -0.455. The second kappa shape index (κ2) is 6.35. The molecule has 1 aromatic carbocycles. The molecule has 1 amide bonds. The molecule has 0 aromatic heterocycles. The molecule has 1 saturated heterocycles. The molecule has 0 aliphatic carbocycles. The van der Waals surface area contributed by atoms with Crippen LogP contribution in [0.1, 0.15) is 19.4 Å². The highest BCUT2D eigenvalue weighted by molar-refractivity contribution is 6.30. The first-order valence-electron chi connectivity index (χ1n) is 6.73. The standard InChI is InChI=1S/C15H18ClNO4/c1-9(2)13-12(14(18)20-3)17(15(19)21-13)8-10-5-4-6-11(16)7-10/h4-7,9,12-13H,8H2,1-3H3/t12-,13+/m1/s1. The van der Waals surface area contributed by atoms with Crippen LogP contribution in [-0.2, 0) is 20.8 Å². The maximum atomic E-state index is 12.1. The van der Waals surface area contributed by atoms with E-state index < -0.39 is 24.2 Å². The smallest absolute Gasteiger partial charge is 0.411 e. The largest absolute Gasteiger partial charge is 0.467 e. The molecular weight excluding hydrogens is 294 g/mol. The molecule has 114 valence electrons. The van der Waals surface area contributed by atoms with Gasteiger partial charge in [-0.05, 0) is 23.6 Å². The Morgan fingerprint density at radius 2 is 2.19 bits per heavy atom. The number of hydrogen-bond acceptors (Lipinski definition) is 4. The number of esters is 1. The molecule has 2 atom stereocenters. The Hall–Kier alpha value is -1.75. The van der Waals surface area contributed by atoms with Crippen molar-refractivity contribution < 1.29 is 19.1 Å². The van der Waals surface area contributed by atoms with Gasteiger partial charge in [0.1, 0.15) is 6.10 Å². The first kappa shape index (κ1) is 15.6. The lowest BCUT2D eigenvalue weighted by Gasteiger charge is -2.24. The molecule has 1 aliphatic rings. The maximum absolute atomic E-state index is 12.1. The molecule has 2 rings (SSSR count). The number of benzene rings is 1. The summed E-state index contributed by atoms with van der Waals surface area (Å²) in [6.45, 7) is 4.05. The predicted octanol–water partition coefficient (Wildman–Crippen LogP) is 2.86. The molecule has 0 bridgehead atoms. The normalized spacial score (nSPS) is 21.6. The molecule has 5 nitrogen and oxygen atoms in total. The molecule has 1 fully saturated rings. The van der Waals surface area contributed by atoms with E-state index in [1.165, 1.54) is 12.0 Å². The van der Waals surface area contributed by atoms with Crippen molar-refractivity contribution in [2.24, 2.45) is 5.92 Å². The van der Waals surface area contributed by atoms with Crippen LogP contribution in [0, 0.1) is 5.92 Å². The second-order valence-corrected chi connectivity index (χ2v) is 5.75. The summed E-state index contributed by atoms with van der Waals surface area (Å²) in [5, 5.41) is 0.579. The zero-order valence-corrected chi connectivity index (χ0v) is 13.0. The Morgan fingerprint density at radius 1 is 1.48 bits per heavy atom. The zero-order chi connectivity index (χ0) is 15.6. The number of halogens is 1. The average molecular weight is 312 g/mol. The summed E-state index contributed by atoms with van der Waals surface area (Å²) < 4.78 is 10.1. The van der Waals surface area contributed by atoms with Gasteiger partial charge in [-0.25, -0.2) is 9.59 Å². The van der Waals surface area contributed by atoms with Crippen molar-refractivity contribution in [2.75, 3.05) is 7.11 Å². The van der Waals surface area contributed by atoms with Crippen LogP contribution >= 0.6 is 11.6 Å². The van der Waals surface area contributed by atoms with Gasteiger partial charge in [0.25, 0.3) is 0 Å². The van der Waals surface area contributed by atoms with Gasteiger partial charge in [-0.2, -0.15) is 0 Å². The molecule has 0 unspecified atom stereocenters. The Kier molecular flexibility index (Phi) is 4.73. The Morgan fingerprint density at radius 3 is 2.76 bits per heavy atom. The van der Waals surface area contributed by atoms with Crippen LogP contribution < -0.4 is 0 Å². The third kappa shape index (κ3) is 3.29. The zero-order valence-electron chi connectivity index (χ0n) is 12.2. The van der Waals surface area contributed by atoms with Crippen molar-refractivity contribution in [2.45, 2.75) is 32.5 Å². The van der Waals surface area contributed by atoms with Gasteiger partial charge in [0.2, 0.25) is 0 Å². The van der Waals surface area contributed by atoms with Crippen molar-refractivity contribution in [3.8, 4) is 0 Å². The molecule has 0 radical (unpaired) electrons. The van der Waals surface area contributed by atoms with Gasteiger partial charge in [-0.1, -0.05) is 37.6 Å². The molecule has 1 aromatic rings. The average Bonchev–Trinajstić information content (AvgIpc) is 2.76. The molecule has 1 heterocycles. The Balaban J connectivity index is 2.26. The maximum Gasteiger partial charge on any atom is 0.411 e. The van der Waals surface area contributed by atoms with Crippen LogP contribution in [0.5, 0.6) is 0 Å². The van der Waals surface area contributed by atoms with Crippen molar-refractivity contribution in [1.29, 1.82) is 0 Å². The van der Waals surface area contributed by atoms with Crippen LogP contribution in [0.2, 0.25) is 5.02 Å². The van der Waals surface area contributed by atoms with Gasteiger partial charge in [0.15, 0.2) is 6.04 Å². The highest BCUT2D eigenvalue weighted by Gasteiger charge is 2.48. The summed E-state index contributed by atoms with van der Waals surface area (Å²) in [7, 11) is 1.31. The van der Waals surface area contributed by atoms with Gasteiger partial charge in [0.05, 0.1) is 13.7 Å². The second-order valence-electron chi connectivity index (χ2n) is 5.32. The molecule has 0 N–H and O–H groups in total. The molecular formula is C15H18ClNO4. The Bertz CT molecular complexity index is 546. The fourth-order valence-corrected chi connectivity index (χ4v) is 2.63. The van der Waals surface area contributed by atoms with E-state index in [9.17, 15) is 9.59 Å². The van der Waals surface area contributed by atoms with Gasteiger partial charge in [-0.3, -0.25) is 4.90 Å². The third-order valence-electron chi connectivity index (χ3n) is 3.46. The fourth-order valence-electron chi connectivity index (χ4n) is 2.42. The monoisotopic (exact) mass is 311 g/mol. The summed E-state index contributed by atoms with van der Waals surface area (Å²) in [4.78, 5) is 25.5. The van der Waals surface area contributed by atoms with Gasteiger partial charge in [-0.15, -0.1) is 0 Å². The first-order valence-corrected chi connectivity index (χ1v) is 7.11. The quantitative estimate of drug-likeness (QED) is 0.802. The van der Waals surface area contributed by atoms with Crippen LogP contribution in [0.15, 0.2) is 24.3 Å². The van der Waals surface area contributed by atoms with Crippen molar-refractivity contribution in [1.82, 2.24) is 4.90 Å². The number of methoxy groups -OCH3 is 1. The van der Waals surface area contributed by atoms with E-state index in [4.69, 9.17) is 21.1 Å². The number of nitrogens with zero attached hydrogens (tertiary/aromatic N) is 1. The first-order chi connectivity index (χ1) is 9.93. The van der Waals surface area contributed by atoms with Gasteiger partial charge >= 0.3 is 12.1 Å². The van der Waals surface area contributed by atoms with E-state index in [2.05, 4.69) is 0 Å². The van der Waals surface area contributed by atoms with Crippen molar-refractivity contribution in [3.63, 3.8) is 0 Å². The summed E-state index contributed by atoms with van der Waals surface area (Å²) >= 11 is 5.95. The highest BCUT2D eigenvalue weighted by Crippen LogP contribution is 2.28. The van der Waals surface area contributed by atoms with E-state index in [0.717, 1.165) is 5.56 Å². The number of hydrogen-bond donors (Lipinski definition) is 0. The topological polar surface area (TPSA) is 55.8 Å². The summed E-state index contributed by atoms with van der Waals surface area (Å²) in [5.41, 5.74) is 0.831. The van der Waals surface area contributed by atoms with Crippen LogP contribution in [0.25, 0.3) is 0 Å². The molecule has 0 spiro atoms. The lowest BCUT2D eigenvalue weighted by Crippen LogP contribution is -2.44. The summed E-state index contributed by atoms with van der Waals surface area (Å²) in [6, 6.07) is 6.41. The van der Waals surface area contributed by atoms with Crippen LogP contribution in [0.3, 0.4) is 0 Å². The minimum atomic E-state index is -0.735. The number of carbonyl (C=O) groups excluding carboxylic acids is 2. The number of ether oxygens (including phenoxy) is 2. The minimum Gasteiger partial charge on any atom is -0.467 e. The van der Waals surface area contributed by atoms with E-state index in [0.29, 0.717) is 5.02 Å². The molecule has 21 heavy (non-hydrogen) atoms. The number of carbonyl (C=O) groups is 2. The lowest BCUT2D eigenvalue weighted by atomic mass is 9.99. The SMILES string of the molecule is COC(=O)[C@H]1[C@H](C(C)C)OC(=O)N1Cc1cccc(Cl)c1. The summed E-state index contributed by atoms with van der Waals surface area (Å²) in [6.07, 6.45) is -1.02. The minimum absolute atomic E-state index is 0.0161. The van der Waals surface area contributed by atoms with Gasteiger partial charge in [0, 0.05) is 5.02 Å². The Labute approximate surface area is 128 Å². The van der Waals surface area contributed by atoms with Crippen LogP contribution in [-0.4, -0.2) is 36.2 Å². The third-order valence-corrected chi connectivity index (χ3v) is 3.70. The molecule has 0 saturated carbocycles. The lowest BCUT2D eigenvalue weighted by molar-refractivity contribution is -0.147. The molecule has 6 heteroatoms. The van der Waals surface area contributed by atoms with E-state index in [1.807, 2.05) is 19.9 Å². The van der Waals surface area contributed by atoms with E-state index in [-0.39, 0.29) is 12.5 Å². The molecule has 1 aliphatic heterocycles. The fraction of sp³-hybridized carbons (Fsp3) is 0.467. The van der Waals surface area contributed by atoms with E-state index in [1.54, 1.807) is 18.2 Å². The number of cyclic esters (lactones) is 1. The van der Waals surface area contributed by atoms with Crippen LogP contribution in [0.4, 0.5) is 4.79 Å².